The monoisotopic (exact) mass is 291 g/mol. The zero-order valence-electron chi connectivity index (χ0n) is 12.3. The summed E-state index contributed by atoms with van der Waals surface area (Å²) in [6.07, 6.45) is 3.28. The molecule has 0 spiro atoms. The molecule has 0 radical (unpaired) electrons. The van der Waals surface area contributed by atoms with Crippen LogP contribution in [-0.4, -0.2) is 72.8 Å². The van der Waals surface area contributed by atoms with E-state index in [1.165, 1.54) is 0 Å². The summed E-state index contributed by atoms with van der Waals surface area (Å²) >= 11 is 0. The highest BCUT2D eigenvalue weighted by Gasteiger charge is 2.22. The summed E-state index contributed by atoms with van der Waals surface area (Å²) in [5.41, 5.74) is 0.417. The highest BCUT2D eigenvalue weighted by molar-refractivity contribution is 5.92. The van der Waals surface area contributed by atoms with Crippen LogP contribution in [-0.2, 0) is 4.74 Å². The Labute approximate surface area is 124 Å². The molecule has 2 saturated heterocycles. The SMILES string of the molecule is C[C@@H]1CN(c2cncc(C(=O)N3CCOCC3)n2)CCN1. The van der Waals surface area contributed by atoms with Crippen LogP contribution in [0.15, 0.2) is 12.4 Å². The van der Waals surface area contributed by atoms with Crippen LogP contribution >= 0.6 is 0 Å². The molecule has 2 fully saturated rings. The van der Waals surface area contributed by atoms with Crippen LogP contribution in [0, 0.1) is 0 Å². The molecule has 3 rings (SSSR count). The van der Waals surface area contributed by atoms with Crippen molar-refractivity contribution in [2.24, 2.45) is 0 Å². The molecule has 0 saturated carbocycles. The predicted octanol–water partition coefficient (Wildman–Crippen LogP) is -0.253. The number of morpholine rings is 1. The second-order valence-corrected chi connectivity index (χ2v) is 5.47. The summed E-state index contributed by atoms with van der Waals surface area (Å²) < 4.78 is 5.27. The Morgan fingerprint density at radius 3 is 2.90 bits per heavy atom. The number of hydrogen-bond donors (Lipinski definition) is 1. The molecule has 3 heterocycles. The Kier molecular flexibility index (Phi) is 4.31. The Hall–Kier alpha value is -1.73. The number of nitrogens with one attached hydrogen (secondary N) is 1. The Morgan fingerprint density at radius 1 is 1.33 bits per heavy atom. The smallest absolute Gasteiger partial charge is 0.274 e. The minimum absolute atomic E-state index is 0.0594. The summed E-state index contributed by atoms with van der Waals surface area (Å²) in [7, 11) is 0. The second-order valence-electron chi connectivity index (χ2n) is 5.47. The number of aromatic nitrogens is 2. The molecule has 114 valence electrons. The number of ether oxygens (including phenoxy) is 1. The van der Waals surface area contributed by atoms with E-state index in [4.69, 9.17) is 4.74 Å². The summed E-state index contributed by atoms with van der Waals surface area (Å²) in [5.74, 6) is 0.721. The summed E-state index contributed by atoms with van der Waals surface area (Å²) in [6.45, 7) is 7.25. The lowest BCUT2D eigenvalue weighted by Crippen LogP contribution is -2.49. The zero-order valence-corrected chi connectivity index (χ0v) is 12.3. The number of carbonyl (C=O) groups is 1. The lowest BCUT2D eigenvalue weighted by molar-refractivity contribution is 0.0299. The van der Waals surface area contributed by atoms with Gasteiger partial charge >= 0.3 is 0 Å². The van der Waals surface area contributed by atoms with E-state index in [0.717, 1.165) is 25.5 Å². The quantitative estimate of drug-likeness (QED) is 0.810. The van der Waals surface area contributed by atoms with E-state index in [9.17, 15) is 4.79 Å². The van der Waals surface area contributed by atoms with E-state index >= 15 is 0 Å². The average Bonchev–Trinajstić information content (AvgIpc) is 2.55. The van der Waals surface area contributed by atoms with Gasteiger partial charge in [0.25, 0.3) is 5.91 Å². The first kappa shape index (κ1) is 14.2. The minimum Gasteiger partial charge on any atom is -0.378 e. The van der Waals surface area contributed by atoms with Gasteiger partial charge in [0.2, 0.25) is 0 Å². The van der Waals surface area contributed by atoms with E-state index in [1.807, 2.05) is 0 Å². The lowest BCUT2D eigenvalue weighted by atomic mass is 10.2. The van der Waals surface area contributed by atoms with E-state index in [0.29, 0.717) is 38.0 Å². The van der Waals surface area contributed by atoms with Gasteiger partial charge in [-0.05, 0) is 6.92 Å². The van der Waals surface area contributed by atoms with Crippen molar-refractivity contribution in [1.82, 2.24) is 20.2 Å². The highest BCUT2D eigenvalue weighted by Crippen LogP contribution is 2.13. The van der Waals surface area contributed by atoms with Crippen LogP contribution in [0.4, 0.5) is 5.82 Å². The van der Waals surface area contributed by atoms with Gasteiger partial charge in [0.05, 0.1) is 25.6 Å². The van der Waals surface area contributed by atoms with E-state index < -0.39 is 0 Å². The number of anilines is 1. The standard InChI is InChI=1S/C14H21N5O2/c1-11-10-19(3-2-16-11)13-9-15-8-12(17-13)14(20)18-4-6-21-7-5-18/h8-9,11,16H,2-7,10H2,1H3/t11-/m1/s1. The molecule has 1 N–H and O–H groups in total. The van der Waals surface area contributed by atoms with Crippen LogP contribution in [0.2, 0.25) is 0 Å². The minimum atomic E-state index is -0.0594. The fourth-order valence-electron chi connectivity index (χ4n) is 2.68. The molecule has 0 unspecified atom stereocenters. The molecule has 7 heteroatoms. The van der Waals surface area contributed by atoms with Gasteiger partial charge in [-0.2, -0.15) is 0 Å². The molecule has 1 amide bonds. The molecule has 1 aromatic heterocycles. The van der Waals surface area contributed by atoms with E-state index in [-0.39, 0.29) is 5.91 Å². The van der Waals surface area contributed by atoms with Crippen molar-refractivity contribution in [2.75, 3.05) is 50.8 Å². The molecule has 0 aromatic carbocycles. The molecule has 0 bridgehead atoms. The normalized spacial score (nSPS) is 23.2. The molecular formula is C14H21N5O2. The molecule has 2 aliphatic rings. The fourth-order valence-corrected chi connectivity index (χ4v) is 2.68. The van der Waals surface area contributed by atoms with Crippen molar-refractivity contribution in [3.63, 3.8) is 0 Å². The molecule has 21 heavy (non-hydrogen) atoms. The highest BCUT2D eigenvalue weighted by atomic mass is 16.5. The average molecular weight is 291 g/mol. The number of carbonyl (C=O) groups excluding carboxylic acids is 1. The van der Waals surface area contributed by atoms with Gasteiger partial charge in [-0.3, -0.25) is 9.78 Å². The van der Waals surface area contributed by atoms with Crippen molar-refractivity contribution in [2.45, 2.75) is 13.0 Å². The van der Waals surface area contributed by atoms with Gasteiger partial charge < -0.3 is 19.9 Å². The van der Waals surface area contributed by atoms with Crippen molar-refractivity contribution < 1.29 is 9.53 Å². The van der Waals surface area contributed by atoms with Crippen molar-refractivity contribution in [3.8, 4) is 0 Å². The summed E-state index contributed by atoms with van der Waals surface area (Å²) in [6, 6.07) is 0.416. The number of amides is 1. The van der Waals surface area contributed by atoms with Gasteiger partial charge in [0.1, 0.15) is 11.5 Å². The van der Waals surface area contributed by atoms with Crippen LogP contribution in [0.1, 0.15) is 17.4 Å². The Balaban J connectivity index is 1.74. The number of nitrogens with zero attached hydrogens (tertiary/aromatic N) is 4. The number of hydrogen-bond acceptors (Lipinski definition) is 6. The summed E-state index contributed by atoms with van der Waals surface area (Å²) in [4.78, 5) is 25.1. The zero-order chi connectivity index (χ0) is 14.7. The first-order valence-electron chi connectivity index (χ1n) is 7.41. The number of rotatable bonds is 2. The van der Waals surface area contributed by atoms with Gasteiger partial charge in [-0.1, -0.05) is 0 Å². The largest absolute Gasteiger partial charge is 0.378 e. The predicted molar refractivity (Wildman–Crippen MR) is 78.4 cm³/mol. The first-order valence-corrected chi connectivity index (χ1v) is 7.41. The molecule has 2 aliphatic heterocycles. The number of piperazine rings is 1. The van der Waals surface area contributed by atoms with Crippen molar-refractivity contribution in [1.29, 1.82) is 0 Å². The maximum Gasteiger partial charge on any atom is 0.274 e. The topological polar surface area (TPSA) is 70.6 Å². The van der Waals surface area contributed by atoms with Gasteiger partial charge in [0, 0.05) is 38.8 Å². The van der Waals surface area contributed by atoms with Crippen LogP contribution < -0.4 is 10.2 Å². The van der Waals surface area contributed by atoms with Gasteiger partial charge in [-0.25, -0.2) is 4.98 Å². The third kappa shape index (κ3) is 3.30. The molecule has 0 aliphatic carbocycles. The summed E-state index contributed by atoms with van der Waals surface area (Å²) in [5, 5.41) is 3.39. The van der Waals surface area contributed by atoms with Crippen LogP contribution in [0.3, 0.4) is 0 Å². The molecule has 1 atom stereocenters. The third-order valence-electron chi connectivity index (χ3n) is 3.83. The Bertz CT molecular complexity index is 504. The maximum absolute atomic E-state index is 12.4. The van der Waals surface area contributed by atoms with Gasteiger partial charge in [-0.15, -0.1) is 0 Å². The first-order chi connectivity index (χ1) is 10.2. The van der Waals surface area contributed by atoms with Crippen molar-refractivity contribution in [3.05, 3.63) is 18.1 Å². The molecular weight excluding hydrogens is 270 g/mol. The second kappa shape index (κ2) is 6.36. The molecule has 1 aromatic rings. The maximum atomic E-state index is 12.4. The lowest BCUT2D eigenvalue weighted by Gasteiger charge is -2.32. The molecule has 7 nitrogen and oxygen atoms in total. The van der Waals surface area contributed by atoms with Gasteiger partial charge in [0.15, 0.2) is 0 Å². The van der Waals surface area contributed by atoms with Crippen LogP contribution in [0.25, 0.3) is 0 Å². The van der Waals surface area contributed by atoms with Crippen molar-refractivity contribution >= 4 is 11.7 Å². The Morgan fingerprint density at radius 2 is 2.14 bits per heavy atom. The van der Waals surface area contributed by atoms with E-state index in [1.54, 1.807) is 17.3 Å². The fraction of sp³-hybridized carbons (Fsp3) is 0.643. The van der Waals surface area contributed by atoms with E-state index in [2.05, 4.69) is 27.1 Å². The van der Waals surface area contributed by atoms with Crippen LogP contribution in [0.5, 0.6) is 0 Å². The third-order valence-corrected chi connectivity index (χ3v) is 3.83.